The van der Waals surface area contributed by atoms with Crippen molar-refractivity contribution in [2.75, 3.05) is 6.61 Å². The average molecular weight is 747 g/mol. The van der Waals surface area contributed by atoms with Crippen LogP contribution in [0.4, 0.5) is 0 Å². The number of hydrogen-bond acceptors (Lipinski definition) is 4. The third-order valence-corrected chi connectivity index (χ3v) is 6.84. The molecule has 3 aromatic carbocycles. The number of carbonyl (C=O) groups excluding carboxylic acids is 1. The van der Waals surface area contributed by atoms with Crippen molar-refractivity contribution in [2.45, 2.75) is 6.42 Å². The fraction of sp³-hybridized carbons (Fsp3) is 0.0833. The number of hydrogen-bond donors (Lipinski definition) is 0. The van der Waals surface area contributed by atoms with E-state index in [1.807, 2.05) is 54.6 Å². The van der Waals surface area contributed by atoms with Gasteiger partial charge in [-0.1, -0.05) is 30.3 Å². The molecule has 0 unspecified atom stereocenters. The van der Waals surface area contributed by atoms with Crippen molar-refractivity contribution in [2.24, 2.45) is 4.99 Å². The van der Waals surface area contributed by atoms with Gasteiger partial charge >= 0.3 is 5.97 Å². The van der Waals surface area contributed by atoms with Crippen molar-refractivity contribution >= 4 is 85.7 Å². The van der Waals surface area contributed by atoms with Crippen molar-refractivity contribution in [3.8, 4) is 5.75 Å². The van der Waals surface area contributed by atoms with Gasteiger partial charge in [-0.2, -0.15) is 0 Å². The highest BCUT2D eigenvalue weighted by Gasteiger charge is 2.24. The van der Waals surface area contributed by atoms with Crippen LogP contribution in [-0.2, 0) is 16.0 Å². The predicted octanol–water partition coefficient (Wildman–Crippen LogP) is 6.47. The number of cyclic esters (lactones) is 1. The van der Waals surface area contributed by atoms with E-state index < -0.39 is 5.97 Å². The smallest absolute Gasteiger partial charge is 0.363 e. The molecule has 0 bridgehead atoms. The average Bonchev–Trinajstić information content (AvgIpc) is 3.11. The number of nitrogens with zero attached hydrogens (tertiary/aromatic N) is 1. The van der Waals surface area contributed by atoms with E-state index in [2.05, 4.69) is 84.9 Å². The highest BCUT2D eigenvalue weighted by molar-refractivity contribution is 14.1. The van der Waals surface area contributed by atoms with Gasteiger partial charge < -0.3 is 9.47 Å². The van der Waals surface area contributed by atoms with E-state index in [4.69, 9.17) is 9.47 Å². The second-order valence-corrected chi connectivity index (χ2v) is 10.3. The summed E-state index contributed by atoms with van der Waals surface area (Å²) in [4.78, 5) is 16.7. The number of aliphatic imine (C=N–C) groups is 1. The molecule has 4 rings (SSSR count). The molecule has 1 aliphatic rings. The molecule has 0 aromatic heterocycles. The molecular formula is C24H16I3NO3. The number of halogens is 3. The molecule has 0 saturated carbocycles. The zero-order chi connectivity index (χ0) is 21.8. The Labute approximate surface area is 221 Å². The van der Waals surface area contributed by atoms with Crippen molar-refractivity contribution in [1.29, 1.82) is 0 Å². The summed E-state index contributed by atoms with van der Waals surface area (Å²) in [6.07, 6.45) is 2.60. The molecule has 0 amide bonds. The quantitative estimate of drug-likeness (QED) is 0.165. The summed E-state index contributed by atoms with van der Waals surface area (Å²) in [6.45, 7) is 0.604. The van der Waals surface area contributed by atoms with Crippen LogP contribution in [0.25, 0.3) is 6.08 Å². The lowest BCUT2D eigenvalue weighted by molar-refractivity contribution is -0.129. The number of benzene rings is 3. The molecule has 4 nitrogen and oxygen atoms in total. The molecular weight excluding hydrogens is 731 g/mol. The number of rotatable bonds is 6. The minimum Gasteiger partial charge on any atom is -0.491 e. The molecule has 0 atom stereocenters. The van der Waals surface area contributed by atoms with Gasteiger partial charge in [-0.3, -0.25) is 0 Å². The first-order valence-corrected chi connectivity index (χ1v) is 12.7. The van der Waals surface area contributed by atoms with Crippen LogP contribution < -0.4 is 4.74 Å². The Kier molecular flexibility index (Phi) is 7.64. The van der Waals surface area contributed by atoms with Crippen LogP contribution >= 0.6 is 67.8 Å². The minimum absolute atomic E-state index is 0.290. The van der Waals surface area contributed by atoms with Gasteiger partial charge in [0.1, 0.15) is 5.75 Å². The topological polar surface area (TPSA) is 47.9 Å². The Hall–Kier alpha value is -1.47. The monoisotopic (exact) mass is 747 g/mol. The molecule has 1 aliphatic heterocycles. The zero-order valence-corrected chi connectivity index (χ0v) is 22.6. The second-order valence-electron chi connectivity index (χ2n) is 6.74. The van der Waals surface area contributed by atoms with Gasteiger partial charge in [0, 0.05) is 15.6 Å². The summed E-state index contributed by atoms with van der Waals surface area (Å²) < 4.78 is 14.5. The highest BCUT2D eigenvalue weighted by Crippen LogP contribution is 2.31. The summed E-state index contributed by atoms with van der Waals surface area (Å²) in [7, 11) is 0. The second kappa shape index (κ2) is 10.4. The Morgan fingerprint density at radius 1 is 0.935 bits per heavy atom. The van der Waals surface area contributed by atoms with Crippen LogP contribution in [-0.4, -0.2) is 18.5 Å². The van der Waals surface area contributed by atoms with Crippen LogP contribution in [0.3, 0.4) is 0 Å². The van der Waals surface area contributed by atoms with E-state index in [-0.39, 0.29) is 5.70 Å². The van der Waals surface area contributed by atoms with E-state index in [0.717, 1.165) is 34.0 Å². The van der Waals surface area contributed by atoms with Crippen LogP contribution in [0.2, 0.25) is 0 Å². The van der Waals surface area contributed by atoms with Gasteiger partial charge in [0.25, 0.3) is 0 Å². The number of carbonyl (C=O) groups is 1. The number of esters is 1. The highest BCUT2D eigenvalue weighted by atomic mass is 127. The van der Waals surface area contributed by atoms with Crippen LogP contribution in [0.15, 0.2) is 77.4 Å². The first-order chi connectivity index (χ1) is 15.0. The van der Waals surface area contributed by atoms with Gasteiger partial charge in [0.05, 0.1) is 13.7 Å². The van der Waals surface area contributed by atoms with Crippen LogP contribution in [0.5, 0.6) is 5.75 Å². The van der Waals surface area contributed by atoms with Crippen molar-refractivity contribution in [1.82, 2.24) is 0 Å². The standard InChI is InChI=1S/C24H16I3NO3/c25-18-8-6-17(7-9-18)23-28-21(24(29)31-23)14-16-12-19(26)22(20(27)13-16)30-11-10-15-4-2-1-3-5-15/h1-9,12-14H,10-11H2/b21-14-. The van der Waals surface area contributed by atoms with E-state index in [1.54, 1.807) is 6.08 Å². The van der Waals surface area contributed by atoms with E-state index in [9.17, 15) is 4.79 Å². The Balaban J connectivity index is 1.50. The first kappa shape index (κ1) is 22.7. The Morgan fingerprint density at radius 2 is 1.61 bits per heavy atom. The van der Waals surface area contributed by atoms with Crippen molar-refractivity contribution in [3.05, 3.63) is 99.8 Å². The molecule has 0 spiro atoms. The van der Waals surface area contributed by atoms with Gasteiger partial charge in [-0.05, 0) is 121 Å². The molecule has 0 fully saturated rings. The zero-order valence-electron chi connectivity index (χ0n) is 16.1. The third-order valence-electron chi connectivity index (χ3n) is 4.52. The van der Waals surface area contributed by atoms with Gasteiger partial charge in [-0.25, -0.2) is 9.79 Å². The van der Waals surface area contributed by atoms with Gasteiger partial charge in [0.15, 0.2) is 5.70 Å². The van der Waals surface area contributed by atoms with E-state index >= 15 is 0 Å². The largest absolute Gasteiger partial charge is 0.491 e. The van der Waals surface area contributed by atoms with Crippen molar-refractivity contribution in [3.63, 3.8) is 0 Å². The molecule has 0 N–H and O–H groups in total. The van der Waals surface area contributed by atoms with E-state index in [0.29, 0.717) is 12.5 Å². The third kappa shape index (κ3) is 5.86. The molecule has 156 valence electrons. The van der Waals surface area contributed by atoms with Crippen molar-refractivity contribution < 1.29 is 14.3 Å². The summed E-state index contributed by atoms with van der Waals surface area (Å²) in [5, 5.41) is 0. The maximum Gasteiger partial charge on any atom is 0.363 e. The summed E-state index contributed by atoms with van der Waals surface area (Å²) in [6, 6.07) is 21.9. The molecule has 31 heavy (non-hydrogen) atoms. The molecule has 0 radical (unpaired) electrons. The molecule has 1 heterocycles. The van der Waals surface area contributed by atoms with E-state index in [1.165, 1.54) is 5.56 Å². The molecule has 3 aromatic rings. The number of ether oxygens (including phenoxy) is 2. The lowest BCUT2D eigenvalue weighted by Crippen LogP contribution is -2.05. The first-order valence-electron chi connectivity index (χ1n) is 9.44. The molecule has 0 saturated heterocycles. The Bertz CT molecular complexity index is 1150. The van der Waals surface area contributed by atoms with Gasteiger partial charge in [-0.15, -0.1) is 0 Å². The lowest BCUT2D eigenvalue weighted by Gasteiger charge is -2.11. The molecule has 7 heteroatoms. The Morgan fingerprint density at radius 3 is 2.29 bits per heavy atom. The SMILES string of the molecule is O=C1OC(c2ccc(I)cc2)=N/C1=C\c1cc(I)c(OCCc2ccccc2)c(I)c1. The van der Waals surface area contributed by atoms with Crippen LogP contribution in [0, 0.1) is 10.7 Å². The fourth-order valence-electron chi connectivity index (χ4n) is 3.00. The van der Waals surface area contributed by atoms with Crippen LogP contribution in [0.1, 0.15) is 16.7 Å². The minimum atomic E-state index is -0.443. The fourth-order valence-corrected chi connectivity index (χ4v) is 5.49. The summed E-state index contributed by atoms with van der Waals surface area (Å²) >= 11 is 6.76. The normalized spacial score (nSPS) is 14.5. The predicted molar refractivity (Wildman–Crippen MR) is 147 cm³/mol. The maximum atomic E-state index is 12.3. The summed E-state index contributed by atoms with van der Waals surface area (Å²) in [5.74, 6) is 0.746. The van der Waals surface area contributed by atoms with Gasteiger partial charge in [0.2, 0.25) is 5.90 Å². The summed E-state index contributed by atoms with van der Waals surface area (Å²) in [5.41, 5.74) is 3.19. The molecule has 0 aliphatic carbocycles. The lowest BCUT2D eigenvalue weighted by atomic mass is 10.1. The maximum absolute atomic E-state index is 12.3.